The number of thioether (sulfide) groups is 1. The average molecular weight is 434 g/mol. The van der Waals surface area contributed by atoms with Gasteiger partial charge in [-0.3, -0.25) is 9.59 Å². The highest BCUT2D eigenvalue weighted by Crippen LogP contribution is 2.51. The van der Waals surface area contributed by atoms with E-state index in [-0.39, 0.29) is 23.2 Å². The molecule has 0 N–H and O–H groups in total. The highest BCUT2D eigenvalue weighted by atomic mass is 32.2. The van der Waals surface area contributed by atoms with Crippen LogP contribution < -0.4 is 0 Å². The molecule has 2 aromatic carbocycles. The fourth-order valence-corrected chi connectivity index (χ4v) is 5.59. The largest absolute Gasteiger partial charge is 0.343 e. The first-order valence-corrected chi connectivity index (χ1v) is 11.2. The highest BCUT2D eigenvalue weighted by Gasteiger charge is 2.55. The molecule has 2 aliphatic heterocycles. The summed E-state index contributed by atoms with van der Waals surface area (Å²) in [5, 5.41) is 0.562. The number of nitrogens with zero attached hydrogens (tertiary/aromatic N) is 1. The van der Waals surface area contributed by atoms with Crippen molar-refractivity contribution in [2.75, 3.05) is 0 Å². The number of rotatable bonds is 2. The van der Waals surface area contributed by atoms with Crippen molar-refractivity contribution in [3.05, 3.63) is 83.1 Å². The van der Waals surface area contributed by atoms with Gasteiger partial charge in [0.15, 0.2) is 11.6 Å². The van der Waals surface area contributed by atoms with E-state index in [0.29, 0.717) is 16.3 Å². The molecule has 1 saturated heterocycles. The summed E-state index contributed by atoms with van der Waals surface area (Å²) in [7, 11) is 0. The molecule has 5 nitrogen and oxygen atoms in total. The Morgan fingerprint density at radius 3 is 2.52 bits per heavy atom. The Morgan fingerprint density at radius 2 is 1.74 bits per heavy atom. The molecule has 3 aliphatic rings. The molecule has 0 saturated carbocycles. The van der Waals surface area contributed by atoms with E-state index in [1.54, 1.807) is 6.08 Å². The van der Waals surface area contributed by atoms with Crippen molar-refractivity contribution in [1.29, 1.82) is 0 Å². The zero-order chi connectivity index (χ0) is 21.8. The molecule has 5 rings (SSSR count). The van der Waals surface area contributed by atoms with Crippen molar-refractivity contribution in [2.45, 2.75) is 44.7 Å². The molecule has 0 bridgehead atoms. The number of fused-ring (bicyclic) bond motifs is 3. The number of carbonyl (C=O) groups excluding carboxylic acids is 2. The lowest BCUT2D eigenvalue weighted by molar-refractivity contribution is -0.350. The van der Waals surface area contributed by atoms with Gasteiger partial charge in [0.2, 0.25) is 5.12 Å². The van der Waals surface area contributed by atoms with Gasteiger partial charge >= 0.3 is 0 Å². The number of benzene rings is 2. The van der Waals surface area contributed by atoms with Crippen LogP contribution in [0.5, 0.6) is 0 Å². The first kappa shape index (κ1) is 20.4. The summed E-state index contributed by atoms with van der Waals surface area (Å²) >= 11 is 1.12. The van der Waals surface area contributed by atoms with E-state index < -0.39 is 17.5 Å². The number of carbonyl (C=O) groups is 2. The summed E-state index contributed by atoms with van der Waals surface area (Å²) in [4.78, 5) is 30.2. The summed E-state index contributed by atoms with van der Waals surface area (Å²) in [6, 6.07) is 17.2. The molecule has 2 heterocycles. The number of hydrogen-bond donors (Lipinski definition) is 0. The third-order valence-corrected chi connectivity index (χ3v) is 7.03. The Labute approximate surface area is 185 Å². The quantitative estimate of drug-likeness (QED) is 0.633. The van der Waals surface area contributed by atoms with Crippen LogP contribution in [0.3, 0.4) is 0 Å². The van der Waals surface area contributed by atoms with Crippen LogP contribution in [0.1, 0.15) is 48.7 Å². The number of Topliss-reactive ketones (excluding diaryl/α,β-unsaturated/α-hetero) is 1. The van der Waals surface area contributed by atoms with Gasteiger partial charge in [-0.25, -0.2) is 4.99 Å². The lowest BCUT2D eigenvalue weighted by Crippen LogP contribution is -2.57. The van der Waals surface area contributed by atoms with Gasteiger partial charge in [0.25, 0.3) is 0 Å². The van der Waals surface area contributed by atoms with E-state index in [0.717, 1.165) is 22.9 Å². The predicted octanol–water partition coefficient (Wildman–Crippen LogP) is 4.86. The summed E-state index contributed by atoms with van der Waals surface area (Å²) in [6.07, 6.45) is 1.58. The van der Waals surface area contributed by atoms with E-state index in [1.165, 1.54) is 0 Å². The summed E-state index contributed by atoms with van der Waals surface area (Å²) < 4.78 is 12.7. The topological polar surface area (TPSA) is 65.0 Å². The smallest absolute Gasteiger partial charge is 0.243 e. The van der Waals surface area contributed by atoms with E-state index in [1.807, 2.05) is 75.4 Å². The van der Waals surface area contributed by atoms with Gasteiger partial charge in [0, 0.05) is 23.5 Å². The second-order valence-corrected chi connectivity index (χ2v) is 9.66. The lowest BCUT2D eigenvalue weighted by atomic mass is 9.68. The van der Waals surface area contributed by atoms with Crippen LogP contribution in [-0.4, -0.2) is 27.8 Å². The molecular formula is C25H23NO4S. The molecule has 1 fully saturated rings. The Hall–Kier alpha value is -2.54. The van der Waals surface area contributed by atoms with Crippen LogP contribution >= 0.6 is 11.8 Å². The van der Waals surface area contributed by atoms with Crippen LogP contribution in [0.4, 0.5) is 0 Å². The van der Waals surface area contributed by atoms with Crippen LogP contribution in [0.2, 0.25) is 0 Å². The molecule has 0 unspecified atom stereocenters. The molecule has 0 aromatic heterocycles. The third-order valence-electron chi connectivity index (χ3n) is 6.11. The minimum absolute atomic E-state index is 0.0639. The van der Waals surface area contributed by atoms with Gasteiger partial charge < -0.3 is 9.47 Å². The standard InChI is InChI=1S/C25H23NO4S/c1-24(2)29-21(14-19-23(28)31-22(26-19)15-9-5-4-6-10-15)18-13-20(27)16-11-7-8-12-17(16)25(18,3)30-24/h4-12,14,18,21H,13H2,1-3H3/b19-14-/t18-,21-,25-/m0/s1. The molecule has 3 atom stereocenters. The van der Waals surface area contributed by atoms with Crippen LogP contribution in [-0.2, 0) is 19.9 Å². The van der Waals surface area contributed by atoms with Crippen molar-refractivity contribution in [3.8, 4) is 0 Å². The van der Waals surface area contributed by atoms with Crippen molar-refractivity contribution in [2.24, 2.45) is 10.9 Å². The number of hydrogen-bond acceptors (Lipinski definition) is 6. The molecule has 158 valence electrons. The Kier molecular flexibility index (Phi) is 4.77. The van der Waals surface area contributed by atoms with Crippen molar-refractivity contribution in [1.82, 2.24) is 0 Å². The Morgan fingerprint density at radius 1 is 1.03 bits per heavy atom. The van der Waals surface area contributed by atoms with Crippen molar-refractivity contribution < 1.29 is 19.1 Å². The monoisotopic (exact) mass is 433 g/mol. The van der Waals surface area contributed by atoms with Crippen molar-refractivity contribution >= 4 is 27.7 Å². The van der Waals surface area contributed by atoms with Crippen LogP contribution in [0, 0.1) is 5.92 Å². The van der Waals surface area contributed by atoms with Gasteiger partial charge in [-0.1, -0.05) is 54.6 Å². The van der Waals surface area contributed by atoms with Crippen molar-refractivity contribution in [3.63, 3.8) is 0 Å². The molecule has 0 amide bonds. The molecule has 0 radical (unpaired) electrons. The molecule has 6 heteroatoms. The molecule has 2 aromatic rings. The van der Waals surface area contributed by atoms with Gasteiger partial charge in [-0.15, -0.1) is 0 Å². The number of aliphatic imine (C=N–C) groups is 1. The minimum atomic E-state index is -0.888. The normalized spacial score (nSPS) is 30.7. The summed E-state index contributed by atoms with van der Waals surface area (Å²) in [6.45, 7) is 5.74. The maximum atomic E-state index is 12.9. The van der Waals surface area contributed by atoms with E-state index in [4.69, 9.17) is 9.47 Å². The van der Waals surface area contributed by atoms with Crippen LogP contribution in [0.25, 0.3) is 0 Å². The lowest BCUT2D eigenvalue weighted by Gasteiger charge is -2.53. The SMILES string of the molecule is CC1(C)O[C@@H](/C=C2\N=C(c3ccccc3)SC2=O)[C@@H]2CC(=O)c3ccccc3[C@]2(C)O1. The van der Waals surface area contributed by atoms with Gasteiger partial charge in [0.1, 0.15) is 16.3 Å². The summed E-state index contributed by atoms with van der Waals surface area (Å²) in [5.41, 5.74) is 2.12. The molecule has 31 heavy (non-hydrogen) atoms. The van der Waals surface area contributed by atoms with Crippen LogP contribution in [0.15, 0.2) is 71.4 Å². The van der Waals surface area contributed by atoms with Gasteiger partial charge in [-0.2, -0.15) is 0 Å². The number of ether oxygens (including phenoxy) is 2. The Balaban J connectivity index is 1.56. The van der Waals surface area contributed by atoms with Gasteiger partial charge in [0.05, 0.1) is 6.10 Å². The average Bonchev–Trinajstić information content (AvgIpc) is 3.10. The molecule has 1 aliphatic carbocycles. The molecular weight excluding hydrogens is 410 g/mol. The first-order valence-electron chi connectivity index (χ1n) is 10.4. The highest BCUT2D eigenvalue weighted by molar-refractivity contribution is 8.27. The fourth-order valence-electron chi connectivity index (χ4n) is 4.80. The zero-order valence-corrected chi connectivity index (χ0v) is 18.4. The fraction of sp³-hybridized carbons (Fsp3) is 0.320. The Bertz CT molecular complexity index is 1140. The first-order chi connectivity index (χ1) is 14.8. The maximum absolute atomic E-state index is 12.9. The summed E-state index contributed by atoms with van der Waals surface area (Å²) in [5.74, 6) is -1.08. The van der Waals surface area contributed by atoms with E-state index >= 15 is 0 Å². The third kappa shape index (κ3) is 3.49. The van der Waals surface area contributed by atoms with Gasteiger partial charge in [-0.05, 0) is 44.2 Å². The number of ketones is 1. The van der Waals surface area contributed by atoms with E-state index in [9.17, 15) is 9.59 Å². The maximum Gasteiger partial charge on any atom is 0.243 e. The minimum Gasteiger partial charge on any atom is -0.343 e. The predicted molar refractivity (Wildman–Crippen MR) is 120 cm³/mol. The second-order valence-electron chi connectivity index (χ2n) is 8.70. The molecule has 0 spiro atoms. The zero-order valence-electron chi connectivity index (χ0n) is 17.6. The van der Waals surface area contributed by atoms with E-state index in [2.05, 4.69) is 4.99 Å². The second kappa shape index (κ2) is 7.26.